The first-order chi connectivity index (χ1) is 11.5. The molecule has 134 valence electrons. The van der Waals surface area contributed by atoms with Gasteiger partial charge in [-0.15, -0.1) is 0 Å². The molecule has 3 nitrogen and oxygen atoms in total. The van der Waals surface area contributed by atoms with Crippen molar-refractivity contribution in [1.29, 1.82) is 0 Å². The fraction of sp³-hybridized carbons (Fsp3) is 0.650. The molecule has 0 aromatic heterocycles. The Bertz CT molecular complexity index is 506. The lowest BCUT2D eigenvalue weighted by Gasteiger charge is -2.42. The number of likely N-dealkylation sites (N-methyl/N-ethyl adjacent to an activating group) is 1. The lowest BCUT2D eigenvalue weighted by atomic mass is 9.88. The predicted octanol–water partition coefficient (Wildman–Crippen LogP) is 4.50. The molecule has 2 atom stereocenters. The Morgan fingerprint density at radius 1 is 1.25 bits per heavy atom. The molecule has 0 N–H and O–H groups in total. The molecule has 1 aliphatic heterocycles. The van der Waals surface area contributed by atoms with Gasteiger partial charge in [0, 0.05) is 24.2 Å². The van der Waals surface area contributed by atoms with Crippen molar-refractivity contribution in [3.8, 4) is 0 Å². The maximum atomic E-state index is 12.8. The quantitative estimate of drug-likeness (QED) is 0.658. The maximum Gasteiger partial charge on any atom is 0.227 e. The van der Waals surface area contributed by atoms with Crippen molar-refractivity contribution in [2.75, 3.05) is 20.1 Å². The topological polar surface area (TPSA) is 23.6 Å². The molecule has 0 radical (unpaired) electrons. The summed E-state index contributed by atoms with van der Waals surface area (Å²) in [5.74, 6) is 0.174. The van der Waals surface area contributed by atoms with Gasteiger partial charge in [0.1, 0.15) is 0 Å². The minimum absolute atomic E-state index is 0.174. The van der Waals surface area contributed by atoms with Crippen LogP contribution in [0.15, 0.2) is 35.4 Å². The third-order valence-corrected chi connectivity index (χ3v) is 5.38. The fourth-order valence-corrected chi connectivity index (χ4v) is 4.24. The fourth-order valence-electron chi connectivity index (χ4n) is 4.10. The number of carbonyl (C=O) groups is 1. The molecule has 1 saturated carbocycles. The average molecular weight is 351 g/mol. The number of amides is 1. The zero-order valence-corrected chi connectivity index (χ0v) is 15.9. The van der Waals surface area contributed by atoms with E-state index in [0.29, 0.717) is 23.5 Å². The van der Waals surface area contributed by atoms with E-state index in [1.165, 1.54) is 45.2 Å². The van der Waals surface area contributed by atoms with Gasteiger partial charge in [0.25, 0.3) is 0 Å². The second kappa shape index (κ2) is 9.43. The third kappa shape index (κ3) is 5.22. The molecule has 2 aliphatic rings. The molecule has 1 saturated heterocycles. The van der Waals surface area contributed by atoms with Crippen molar-refractivity contribution in [1.82, 2.24) is 9.80 Å². The van der Waals surface area contributed by atoms with Gasteiger partial charge in [-0.3, -0.25) is 9.69 Å². The Morgan fingerprint density at radius 3 is 2.54 bits per heavy atom. The highest BCUT2D eigenvalue weighted by Crippen LogP contribution is 2.29. The molecule has 2 fully saturated rings. The van der Waals surface area contributed by atoms with Crippen LogP contribution in [0.1, 0.15) is 51.9 Å². The summed E-state index contributed by atoms with van der Waals surface area (Å²) in [4.78, 5) is 17.4. The molecule has 0 aromatic carbocycles. The van der Waals surface area contributed by atoms with E-state index in [4.69, 9.17) is 11.6 Å². The van der Waals surface area contributed by atoms with Crippen molar-refractivity contribution < 1.29 is 4.79 Å². The van der Waals surface area contributed by atoms with Crippen LogP contribution in [0.4, 0.5) is 0 Å². The molecule has 1 heterocycles. The highest BCUT2D eigenvalue weighted by atomic mass is 35.5. The highest BCUT2D eigenvalue weighted by Gasteiger charge is 2.35. The number of likely N-dealkylation sites (tertiary alicyclic amines) is 1. The SMILES string of the molecule is C=C(Cl)/C=C(\C=C/C)CC(=O)N(C)C1CCCCC1N1CCCC1. The Balaban J connectivity index is 2.05. The van der Waals surface area contributed by atoms with Gasteiger partial charge in [-0.1, -0.05) is 43.2 Å². The zero-order valence-electron chi connectivity index (χ0n) is 15.1. The van der Waals surface area contributed by atoms with Crippen LogP contribution >= 0.6 is 11.6 Å². The third-order valence-electron chi connectivity index (χ3n) is 5.27. The van der Waals surface area contributed by atoms with Gasteiger partial charge < -0.3 is 4.90 Å². The standard InChI is InChI=1S/C20H31ClN2O/c1-4-9-17(14-16(2)21)15-20(24)22(3)18-10-5-6-11-19(18)23-12-7-8-13-23/h4,9,14,18-19H,2,5-8,10-13,15H2,1,3H3/b9-4-,17-14+. The first-order valence-corrected chi connectivity index (χ1v) is 9.58. The second-order valence-corrected chi connectivity index (χ2v) is 7.50. The van der Waals surface area contributed by atoms with Gasteiger partial charge in [-0.2, -0.15) is 0 Å². The van der Waals surface area contributed by atoms with Crippen LogP contribution in [0.2, 0.25) is 0 Å². The largest absolute Gasteiger partial charge is 0.341 e. The normalized spacial score (nSPS) is 26.0. The van der Waals surface area contributed by atoms with Crippen molar-refractivity contribution in [3.05, 3.63) is 35.4 Å². The van der Waals surface area contributed by atoms with Crippen LogP contribution in [0, 0.1) is 0 Å². The Kier molecular flexibility index (Phi) is 7.57. The summed E-state index contributed by atoms with van der Waals surface area (Å²) < 4.78 is 0. The Hall–Kier alpha value is -1.06. The summed E-state index contributed by atoms with van der Waals surface area (Å²) in [6.45, 7) is 8.04. The first kappa shape index (κ1) is 19.3. The second-order valence-electron chi connectivity index (χ2n) is 7.01. The summed E-state index contributed by atoms with van der Waals surface area (Å²) in [5, 5.41) is 0.464. The van der Waals surface area contributed by atoms with E-state index in [9.17, 15) is 4.79 Å². The van der Waals surface area contributed by atoms with E-state index >= 15 is 0 Å². The molecule has 24 heavy (non-hydrogen) atoms. The maximum absolute atomic E-state index is 12.8. The monoisotopic (exact) mass is 350 g/mol. The molecule has 1 amide bonds. The average Bonchev–Trinajstić information content (AvgIpc) is 3.08. The number of allylic oxidation sites excluding steroid dienone is 4. The number of hydrogen-bond acceptors (Lipinski definition) is 2. The van der Waals surface area contributed by atoms with Gasteiger partial charge in [0.2, 0.25) is 5.91 Å². The molecule has 0 bridgehead atoms. The smallest absolute Gasteiger partial charge is 0.227 e. The van der Waals surface area contributed by atoms with Crippen LogP contribution < -0.4 is 0 Å². The van der Waals surface area contributed by atoms with Crippen molar-refractivity contribution >= 4 is 17.5 Å². The number of hydrogen-bond donors (Lipinski definition) is 0. The van der Waals surface area contributed by atoms with Crippen molar-refractivity contribution in [2.45, 2.75) is 64.0 Å². The minimum Gasteiger partial charge on any atom is -0.341 e. The summed E-state index contributed by atoms with van der Waals surface area (Å²) in [7, 11) is 1.98. The molecule has 4 heteroatoms. The van der Waals surface area contributed by atoms with E-state index < -0.39 is 0 Å². The summed E-state index contributed by atoms with van der Waals surface area (Å²) in [6, 6.07) is 0.878. The van der Waals surface area contributed by atoms with Crippen LogP contribution in [-0.4, -0.2) is 47.9 Å². The number of halogens is 1. The molecule has 2 rings (SSSR count). The minimum atomic E-state index is 0.174. The Morgan fingerprint density at radius 2 is 1.92 bits per heavy atom. The van der Waals surface area contributed by atoms with Crippen molar-refractivity contribution in [2.24, 2.45) is 0 Å². The Labute approximate surface area is 152 Å². The lowest BCUT2D eigenvalue weighted by molar-refractivity contribution is -0.133. The van der Waals surface area contributed by atoms with E-state index in [-0.39, 0.29) is 5.91 Å². The molecule has 1 aliphatic carbocycles. The van der Waals surface area contributed by atoms with E-state index in [1.54, 1.807) is 6.08 Å². The van der Waals surface area contributed by atoms with E-state index in [2.05, 4.69) is 11.5 Å². The van der Waals surface area contributed by atoms with Crippen LogP contribution in [0.5, 0.6) is 0 Å². The van der Waals surface area contributed by atoms with Crippen LogP contribution in [0.25, 0.3) is 0 Å². The van der Waals surface area contributed by atoms with Gasteiger partial charge >= 0.3 is 0 Å². The molecule has 2 unspecified atom stereocenters. The zero-order chi connectivity index (χ0) is 17.5. The van der Waals surface area contributed by atoms with Crippen LogP contribution in [-0.2, 0) is 4.79 Å². The molecule has 0 spiro atoms. The van der Waals surface area contributed by atoms with Gasteiger partial charge in [0.05, 0.1) is 6.42 Å². The van der Waals surface area contributed by atoms with E-state index in [0.717, 1.165) is 12.0 Å². The summed E-state index contributed by atoms with van der Waals surface area (Å²) in [5.41, 5.74) is 0.919. The van der Waals surface area contributed by atoms with Gasteiger partial charge in [-0.05, 0) is 57.3 Å². The van der Waals surface area contributed by atoms with E-state index in [1.807, 2.05) is 31.0 Å². The van der Waals surface area contributed by atoms with Crippen molar-refractivity contribution in [3.63, 3.8) is 0 Å². The van der Waals surface area contributed by atoms with Crippen LogP contribution in [0.3, 0.4) is 0 Å². The number of nitrogens with zero attached hydrogens (tertiary/aromatic N) is 2. The number of carbonyl (C=O) groups excluding carboxylic acids is 1. The molecular weight excluding hydrogens is 320 g/mol. The molecular formula is C20H31ClN2O. The highest BCUT2D eigenvalue weighted by molar-refractivity contribution is 6.30. The number of rotatable bonds is 6. The first-order valence-electron chi connectivity index (χ1n) is 9.20. The van der Waals surface area contributed by atoms with Gasteiger partial charge in [-0.25, -0.2) is 0 Å². The van der Waals surface area contributed by atoms with Gasteiger partial charge in [0.15, 0.2) is 0 Å². The predicted molar refractivity (Wildman–Crippen MR) is 102 cm³/mol. The lowest BCUT2D eigenvalue weighted by Crippen LogP contribution is -2.53. The molecule has 0 aromatic rings. The summed E-state index contributed by atoms with van der Waals surface area (Å²) in [6.07, 6.45) is 13.5. The summed E-state index contributed by atoms with van der Waals surface area (Å²) >= 11 is 5.89.